The van der Waals surface area contributed by atoms with Gasteiger partial charge < -0.3 is 5.11 Å². The van der Waals surface area contributed by atoms with Crippen LogP contribution in [0.4, 0.5) is 0 Å². The van der Waals surface area contributed by atoms with E-state index in [0.29, 0.717) is 12.5 Å². The highest BCUT2D eigenvalue weighted by atomic mass is 80.0. The number of rotatable bonds is 2. The maximum atomic E-state index is 8.69. The molecule has 0 saturated heterocycles. The predicted octanol–water partition coefficient (Wildman–Crippen LogP) is 7.92. The minimum atomic E-state index is -0.183. The van der Waals surface area contributed by atoms with Crippen molar-refractivity contribution < 1.29 is 5.11 Å². The molecule has 2 fully saturated rings. The van der Waals surface area contributed by atoms with Gasteiger partial charge in [-0.05, 0) is 84.0 Å². The average Bonchev–Trinajstić information content (AvgIpc) is 2.49. The molecule has 2 aliphatic rings. The third-order valence-electron chi connectivity index (χ3n) is 3.93. The fraction of sp³-hybridized carbons (Fsp3) is 1.00. The van der Waals surface area contributed by atoms with Gasteiger partial charge in [0, 0.05) is 11.9 Å². The van der Waals surface area contributed by atoms with Crippen molar-refractivity contribution in [2.75, 3.05) is 11.9 Å². The summed E-state index contributed by atoms with van der Waals surface area (Å²) in [6, 6.07) is 0. The topological polar surface area (TPSA) is 20.2 Å². The molecule has 122 valence electrons. The first kappa shape index (κ1) is 22.3. The largest absolute Gasteiger partial charge is 0.396 e. The lowest BCUT2D eigenvalue weighted by atomic mass is 9.90. The fourth-order valence-corrected chi connectivity index (χ4v) is 3.36. The van der Waals surface area contributed by atoms with Crippen molar-refractivity contribution in [1.82, 2.24) is 0 Å². The third kappa shape index (κ3) is 15.2. The number of hydrogen-bond acceptors (Lipinski definition) is 1. The molecule has 0 aromatic heterocycles. The molecular formula is C14H27Br4OP. The highest BCUT2D eigenvalue weighted by molar-refractivity contribution is 9.93. The van der Waals surface area contributed by atoms with Gasteiger partial charge in [-0.25, -0.2) is 0 Å². The van der Waals surface area contributed by atoms with Crippen LogP contribution >= 0.6 is 66.4 Å². The summed E-state index contributed by atoms with van der Waals surface area (Å²) in [5.74, 6) is 1.65. The van der Waals surface area contributed by atoms with Crippen molar-refractivity contribution in [3.63, 3.8) is 0 Å². The summed E-state index contributed by atoms with van der Waals surface area (Å²) in [7, 11) is 0. The lowest BCUT2D eigenvalue weighted by Gasteiger charge is -2.18. The van der Waals surface area contributed by atoms with Crippen LogP contribution in [0.15, 0.2) is 0 Å². The highest BCUT2D eigenvalue weighted by Gasteiger charge is 2.11. The molecule has 0 atom stereocenters. The molecule has 0 aliphatic heterocycles. The summed E-state index contributed by atoms with van der Waals surface area (Å²) in [5.41, 5.74) is 0. The van der Waals surface area contributed by atoms with Crippen molar-refractivity contribution in [3.8, 4) is 0 Å². The second-order valence-corrected chi connectivity index (χ2v) is 21.5. The van der Waals surface area contributed by atoms with Gasteiger partial charge in [-0.1, -0.05) is 54.5 Å². The smallest absolute Gasteiger partial charge is 0.103 e. The summed E-state index contributed by atoms with van der Waals surface area (Å²) in [4.78, 5) is 0. The minimum absolute atomic E-state index is 0.183. The van der Waals surface area contributed by atoms with Crippen molar-refractivity contribution in [1.29, 1.82) is 0 Å². The van der Waals surface area contributed by atoms with Gasteiger partial charge in [-0.2, -0.15) is 0 Å². The van der Waals surface area contributed by atoms with Crippen molar-refractivity contribution in [3.05, 3.63) is 0 Å². The van der Waals surface area contributed by atoms with Crippen LogP contribution in [0, 0.1) is 11.8 Å². The molecule has 1 N–H and O–H groups in total. The molecule has 2 saturated carbocycles. The third-order valence-corrected chi connectivity index (χ3v) is 4.84. The van der Waals surface area contributed by atoms with E-state index < -0.39 is 0 Å². The van der Waals surface area contributed by atoms with Crippen LogP contribution in [0.5, 0.6) is 0 Å². The van der Waals surface area contributed by atoms with E-state index in [1.165, 1.54) is 69.5 Å². The number of aliphatic hydroxyl groups excluding tert-OH is 1. The van der Waals surface area contributed by atoms with Gasteiger partial charge in [-0.3, -0.25) is 0 Å². The standard InChI is InChI=1S/C7H13Br.C7H14O.Br3P/c2*8-6-7-4-2-1-3-5-7;1-4(2)3/h7H,1-6H2;7-8H,1-6H2;. The van der Waals surface area contributed by atoms with Gasteiger partial charge in [0.05, 0.1) is 0 Å². The maximum absolute atomic E-state index is 8.69. The normalized spacial score (nSPS) is 20.7. The summed E-state index contributed by atoms with van der Waals surface area (Å²) in [6.45, 7) is 0.417. The zero-order valence-electron chi connectivity index (χ0n) is 12.0. The Bertz CT molecular complexity index is 175. The molecule has 1 nitrogen and oxygen atoms in total. The maximum Gasteiger partial charge on any atom is 0.103 e. The van der Waals surface area contributed by atoms with Crippen LogP contribution in [0.25, 0.3) is 0 Å². The molecule has 6 heteroatoms. The highest BCUT2D eigenvalue weighted by Crippen LogP contribution is 2.59. The molecule has 0 radical (unpaired) electrons. The zero-order chi connectivity index (χ0) is 15.2. The van der Waals surface area contributed by atoms with Gasteiger partial charge in [0.2, 0.25) is 0 Å². The number of halogens is 4. The molecule has 0 aromatic carbocycles. The minimum Gasteiger partial charge on any atom is -0.396 e. The Morgan fingerprint density at radius 1 is 0.750 bits per heavy atom. The van der Waals surface area contributed by atoms with Crippen molar-refractivity contribution >= 4 is 66.4 Å². The van der Waals surface area contributed by atoms with Crippen LogP contribution in [-0.4, -0.2) is 17.0 Å². The Labute approximate surface area is 158 Å². The van der Waals surface area contributed by atoms with Gasteiger partial charge in [0.25, 0.3) is 0 Å². The molecule has 0 aromatic rings. The van der Waals surface area contributed by atoms with E-state index in [2.05, 4.69) is 62.4 Å². The Morgan fingerprint density at radius 2 is 1.10 bits per heavy atom. The Hall–Kier alpha value is 2.31. The van der Waals surface area contributed by atoms with E-state index in [0.717, 1.165) is 5.92 Å². The molecule has 0 unspecified atom stereocenters. The number of aliphatic hydroxyl groups is 1. The summed E-state index contributed by atoms with van der Waals surface area (Å²) < 4.78 is -0.183. The fourth-order valence-electron chi connectivity index (χ4n) is 2.71. The second kappa shape index (κ2) is 16.2. The summed E-state index contributed by atoms with van der Waals surface area (Å²) in [5, 5.41) is 9.92. The van der Waals surface area contributed by atoms with Gasteiger partial charge in [-0.15, -0.1) is 0 Å². The molecule has 2 aliphatic carbocycles. The molecule has 2 rings (SSSR count). The lowest BCUT2D eigenvalue weighted by molar-refractivity contribution is 0.190. The second-order valence-electron chi connectivity index (χ2n) is 5.54. The molecular weight excluding hydrogens is 535 g/mol. The zero-order valence-corrected chi connectivity index (χ0v) is 19.3. The SMILES string of the molecule is BrCC1CCCCC1.BrP(Br)Br.OCC1CCCCC1. The van der Waals surface area contributed by atoms with Crippen LogP contribution in [0.2, 0.25) is 0 Å². The predicted molar refractivity (Wildman–Crippen MR) is 108 cm³/mol. The number of alkyl halides is 1. The van der Waals surface area contributed by atoms with E-state index >= 15 is 0 Å². The van der Waals surface area contributed by atoms with Crippen LogP contribution in [-0.2, 0) is 0 Å². The van der Waals surface area contributed by atoms with Crippen LogP contribution < -0.4 is 0 Å². The summed E-state index contributed by atoms with van der Waals surface area (Å²) >= 11 is 13.0. The van der Waals surface area contributed by atoms with E-state index in [4.69, 9.17) is 5.11 Å². The van der Waals surface area contributed by atoms with E-state index in [1.54, 1.807) is 0 Å². The van der Waals surface area contributed by atoms with E-state index in [9.17, 15) is 0 Å². The van der Waals surface area contributed by atoms with Crippen LogP contribution in [0.1, 0.15) is 64.2 Å². The van der Waals surface area contributed by atoms with Crippen molar-refractivity contribution in [2.24, 2.45) is 11.8 Å². The van der Waals surface area contributed by atoms with Gasteiger partial charge in [0.1, 0.15) is 4.03 Å². The Kier molecular flexibility index (Phi) is 18.0. The van der Waals surface area contributed by atoms with Crippen molar-refractivity contribution in [2.45, 2.75) is 64.2 Å². The first-order valence-corrected chi connectivity index (χ1v) is 16.1. The molecule has 0 spiro atoms. The summed E-state index contributed by atoms with van der Waals surface area (Å²) in [6.07, 6.45) is 13.9. The number of hydrogen-bond donors (Lipinski definition) is 1. The molecule has 0 heterocycles. The van der Waals surface area contributed by atoms with Gasteiger partial charge in [0.15, 0.2) is 0 Å². The average molecular weight is 562 g/mol. The first-order valence-electron chi connectivity index (χ1n) is 7.54. The van der Waals surface area contributed by atoms with E-state index in [-0.39, 0.29) is 4.03 Å². The van der Waals surface area contributed by atoms with E-state index in [1.807, 2.05) is 0 Å². The van der Waals surface area contributed by atoms with Gasteiger partial charge >= 0.3 is 0 Å². The monoisotopic (exact) mass is 558 g/mol. The first-order chi connectivity index (χ1) is 9.60. The van der Waals surface area contributed by atoms with Crippen LogP contribution in [0.3, 0.4) is 0 Å². The molecule has 20 heavy (non-hydrogen) atoms. The quantitative estimate of drug-likeness (QED) is 0.268. The Balaban J connectivity index is 0.000000289. The Morgan fingerprint density at radius 3 is 1.30 bits per heavy atom. The molecule has 0 amide bonds. The lowest BCUT2D eigenvalue weighted by Crippen LogP contribution is -2.09. The molecule has 0 bridgehead atoms.